The van der Waals surface area contributed by atoms with E-state index in [1.54, 1.807) is 23.5 Å². The highest BCUT2D eigenvalue weighted by molar-refractivity contribution is 7.10. The molecular formula is C17H19FN2OS. The molecule has 1 aromatic carbocycles. The molecule has 1 aliphatic rings. The number of anilines is 1. The van der Waals surface area contributed by atoms with E-state index < -0.39 is 0 Å². The number of thiophene rings is 1. The molecule has 5 heteroatoms. The summed E-state index contributed by atoms with van der Waals surface area (Å²) in [5, 5.41) is 4.87. The van der Waals surface area contributed by atoms with Gasteiger partial charge in [0.1, 0.15) is 5.82 Å². The Morgan fingerprint density at radius 1 is 1.23 bits per heavy atom. The van der Waals surface area contributed by atoms with Crippen molar-refractivity contribution >= 4 is 23.1 Å². The molecule has 2 amide bonds. The van der Waals surface area contributed by atoms with Crippen LogP contribution in [0.4, 0.5) is 14.9 Å². The lowest BCUT2D eigenvalue weighted by Crippen LogP contribution is -2.37. The lowest BCUT2D eigenvalue weighted by Gasteiger charge is -2.29. The van der Waals surface area contributed by atoms with Crippen molar-refractivity contribution in [1.29, 1.82) is 0 Å². The molecule has 0 aliphatic carbocycles. The molecular weight excluding hydrogens is 299 g/mol. The second-order valence-electron chi connectivity index (χ2n) is 5.51. The Morgan fingerprint density at radius 3 is 2.91 bits per heavy atom. The second-order valence-corrected chi connectivity index (χ2v) is 6.49. The summed E-state index contributed by atoms with van der Waals surface area (Å²) in [7, 11) is 0. The van der Waals surface area contributed by atoms with Gasteiger partial charge in [-0.3, -0.25) is 0 Å². The van der Waals surface area contributed by atoms with Gasteiger partial charge in [-0.2, -0.15) is 0 Å². The summed E-state index contributed by atoms with van der Waals surface area (Å²) in [5.41, 5.74) is 0.499. The number of nitrogens with one attached hydrogen (secondary N) is 1. The van der Waals surface area contributed by atoms with Gasteiger partial charge < -0.3 is 10.2 Å². The maximum Gasteiger partial charge on any atom is 0.322 e. The Balaban J connectivity index is 1.78. The summed E-state index contributed by atoms with van der Waals surface area (Å²) in [6, 6.07) is 10.1. The first-order chi connectivity index (χ1) is 10.7. The van der Waals surface area contributed by atoms with Crippen LogP contribution in [0.15, 0.2) is 41.8 Å². The third-order valence-corrected chi connectivity index (χ3v) is 4.93. The lowest BCUT2D eigenvalue weighted by molar-refractivity contribution is 0.190. The van der Waals surface area contributed by atoms with Crippen LogP contribution in [0.25, 0.3) is 0 Å². The van der Waals surface area contributed by atoms with E-state index in [0.717, 1.165) is 32.2 Å². The van der Waals surface area contributed by atoms with Crippen molar-refractivity contribution in [3.05, 3.63) is 52.5 Å². The lowest BCUT2D eigenvalue weighted by atomic mass is 10.1. The van der Waals surface area contributed by atoms with Crippen LogP contribution >= 0.6 is 11.3 Å². The molecule has 1 N–H and O–H groups in total. The predicted molar refractivity (Wildman–Crippen MR) is 87.7 cm³/mol. The van der Waals surface area contributed by atoms with Crippen LogP contribution in [0, 0.1) is 5.82 Å². The molecule has 3 nitrogen and oxygen atoms in total. The standard InChI is InChI=1S/C17H19FN2OS/c18-13-6-4-7-14(12-13)19-17(21)20-10-3-1-2-8-15(20)16-9-5-11-22-16/h4-7,9,11-12,15H,1-3,8,10H2,(H,19,21)/t15-/m1/s1. The molecule has 2 aromatic rings. The van der Waals surface area contributed by atoms with Crippen LogP contribution in [-0.4, -0.2) is 17.5 Å². The van der Waals surface area contributed by atoms with Gasteiger partial charge in [0.25, 0.3) is 0 Å². The molecule has 1 aliphatic heterocycles. The molecule has 1 saturated heterocycles. The first-order valence-electron chi connectivity index (χ1n) is 7.60. The highest BCUT2D eigenvalue weighted by Gasteiger charge is 2.27. The molecule has 1 atom stereocenters. The fraction of sp³-hybridized carbons (Fsp3) is 0.353. The van der Waals surface area contributed by atoms with E-state index in [9.17, 15) is 9.18 Å². The molecule has 0 saturated carbocycles. The van der Waals surface area contributed by atoms with Gasteiger partial charge in [-0.05, 0) is 42.5 Å². The molecule has 1 aromatic heterocycles. The highest BCUT2D eigenvalue weighted by atomic mass is 32.1. The molecule has 116 valence electrons. The smallest absolute Gasteiger partial charge is 0.317 e. The van der Waals surface area contributed by atoms with Gasteiger partial charge in [0.15, 0.2) is 0 Å². The maximum atomic E-state index is 13.3. The van der Waals surface area contributed by atoms with Gasteiger partial charge in [0.05, 0.1) is 6.04 Å². The number of halogens is 1. The topological polar surface area (TPSA) is 32.3 Å². The van der Waals surface area contributed by atoms with Crippen LogP contribution in [-0.2, 0) is 0 Å². The Bertz CT molecular complexity index is 629. The summed E-state index contributed by atoms with van der Waals surface area (Å²) < 4.78 is 13.3. The Hall–Kier alpha value is -1.88. The van der Waals surface area contributed by atoms with E-state index >= 15 is 0 Å². The number of likely N-dealkylation sites (tertiary alicyclic amines) is 1. The molecule has 0 unspecified atom stereocenters. The van der Waals surface area contributed by atoms with Crippen molar-refractivity contribution in [1.82, 2.24) is 4.90 Å². The minimum atomic E-state index is -0.344. The van der Waals surface area contributed by atoms with Crippen molar-refractivity contribution in [2.45, 2.75) is 31.7 Å². The van der Waals surface area contributed by atoms with Crippen LogP contribution in [0.5, 0.6) is 0 Å². The molecule has 0 radical (unpaired) electrons. The number of carbonyl (C=O) groups excluding carboxylic acids is 1. The van der Waals surface area contributed by atoms with Gasteiger partial charge in [-0.1, -0.05) is 25.0 Å². The number of urea groups is 1. The van der Waals surface area contributed by atoms with Gasteiger partial charge in [0.2, 0.25) is 0 Å². The number of nitrogens with zero attached hydrogens (tertiary/aromatic N) is 1. The van der Waals surface area contributed by atoms with E-state index in [4.69, 9.17) is 0 Å². The van der Waals surface area contributed by atoms with E-state index in [2.05, 4.69) is 11.4 Å². The summed E-state index contributed by atoms with van der Waals surface area (Å²) in [6.07, 6.45) is 4.27. The largest absolute Gasteiger partial charge is 0.322 e. The molecule has 0 bridgehead atoms. The third-order valence-electron chi connectivity index (χ3n) is 3.96. The van der Waals surface area contributed by atoms with Crippen LogP contribution in [0.3, 0.4) is 0 Å². The Kier molecular flexibility index (Phi) is 4.73. The minimum absolute atomic E-state index is 0.121. The quantitative estimate of drug-likeness (QED) is 0.827. The van der Waals surface area contributed by atoms with E-state index in [1.165, 1.54) is 17.0 Å². The van der Waals surface area contributed by atoms with Gasteiger partial charge in [-0.15, -0.1) is 11.3 Å². The average molecular weight is 318 g/mol. The van der Waals surface area contributed by atoms with E-state index in [1.807, 2.05) is 16.3 Å². The zero-order valence-electron chi connectivity index (χ0n) is 12.3. The van der Waals surface area contributed by atoms with Crippen molar-refractivity contribution in [2.75, 3.05) is 11.9 Å². The fourth-order valence-electron chi connectivity index (χ4n) is 2.89. The summed E-state index contributed by atoms with van der Waals surface area (Å²) in [4.78, 5) is 15.7. The summed E-state index contributed by atoms with van der Waals surface area (Å²) in [5.74, 6) is -0.344. The third kappa shape index (κ3) is 3.47. The molecule has 1 fully saturated rings. The Labute approximate surface area is 133 Å². The monoisotopic (exact) mass is 318 g/mol. The van der Waals surface area contributed by atoms with Crippen molar-refractivity contribution in [3.8, 4) is 0 Å². The van der Waals surface area contributed by atoms with Gasteiger partial charge in [0, 0.05) is 17.1 Å². The number of hydrogen-bond donors (Lipinski definition) is 1. The zero-order valence-corrected chi connectivity index (χ0v) is 13.1. The molecule has 2 heterocycles. The maximum absolute atomic E-state index is 13.3. The van der Waals surface area contributed by atoms with Gasteiger partial charge >= 0.3 is 6.03 Å². The normalized spacial score (nSPS) is 18.8. The number of carbonyl (C=O) groups is 1. The SMILES string of the molecule is O=C(Nc1cccc(F)c1)N1CCCCC[C@@H]1c1cccs1. The fourth-order valence-corrected chi connectivity index (χ4v) is 3.76. The van der Waals surface area contributed by atoms with Gasteiger partial charge in [-0.25, -0.2) is 9.18 Å². The van der Waals surface area contributed by atoms with E-state index in [0.29, 0.717) is 5.69 Å². The van der Waals surface area contributed by atoms with Crippen LogP contribution in [0.2, 0.25) is 0 Å². The first-order valence-corrected chi connectivity index (χ1v) is 8.48. The Morgan fingerprint density at radius 2 is 2.14 bits per heavy atom. The minimum Gasteiger partial charge on any atom is -0.317 e. The highest BCUT2D eigenvalue weighted by Crippen LogP contribution is 2.33. The van der Waals surface area contributed by atoms with Crippen LogP contribution in [0.1, 0.15) is 36.6 Å². The number of amides is 2. The molecule has 22 heavy (non-hydrogen) atoms. The van der Waals surface area contributed by atoms with Crippen molar-refractivity contribution in [3.63, 3.8) is 0 Å². The summed E-state index contributed by atoms with van der Waals surface area (Å²) in [6.45, 7) is 0.740. The van der Waals surface area contributed by atoms with Crippen molar-refractivity contribution < 1.29 is 9.18 Å². The predicted octanol–water partition coefficient (Wildman–Crippen LogP) is 5.04. The summed E-state index contributed by atoms with van der Waals surface area (Å²) >= 11 is 1.69. The van der Waals surface area contributed by atoms with E-state index in [-0.39, 0.29) is 17.9 Å². The molecule has 0 spiro atoms. The first kappa shape index (κ1) is 15.0. The number of hydrogen-bond acceptors (Lipinski definition) is 2. The second kappa shape index (κ2) is 6.92. The number of benzene rings is 1. The number of rotatable bonds is 2. The average Bonchev–Trinajstić information content (AvgIpc) is 2.91. The van der Waals surface area contributed by atoms with Crippen molar-refractivity contribution in [2.24, 2.45) is 0 Å². The zero-order chi connectivity index (χ0) is 15.4. The van der Waals surface area contributed by atoms with Crippen LogP contribution < -0.4 is 5.32 Å². The molecule has 3 rings (SSSR count).